The third-order valence-electron chi connectivity index (χ3n) is 4.61. The summed E-state index contributed by atoms with van der Waals surface area (Å²) in [6.07, 6.45) is 0. The van der Waals surface area contributed by atoms with E-state index in [0.717, 1.165) is 6.54 Å². The Morgan fingerprint density at radius 3 is 2.57 bits per heavy atom. The Labute approximate surface area is 137 Å². The van der Waals surface area contributed by atoms with E-state index >= 15 is 0 Å². The van der Waals surface area contributed by atoms with Crippen molar-refractivity contribution in [2.24, 2.45) is 0 Å². The Morgan fingerprint density at radius 2 is 1.87 bits per heavy atom. The van der Waals surface area contributed by atoms with Crippen LogP contribution >= 0.6 is 0 Å². The van der Waals surface area contributed by atoms with Crippen LogP contribution in [0.15, 0.2) is 30.3 Å². The molecule has 7 heteroatoms. The van der Waals surface area contributed by atoms with Crippen molar-refractivity contribution >= 4 is 15.9 Å². The average Bonchev–Trinajstić information content (AvgIpc) is 2.84. The fourth-order valence-corrected chi connectivity index (χ4v) is 5.56. The van der Waals surface area contributed by atoms with Crippen LogP contribution in [0.4, 0.5) is 4.79 Å². The summed E-state index contributed by atoms with van der Waals surface area (Å²) >= 11 is 0. The van der Waals surface area contributed by atoms with Crippen LogP contribution in [0.1, 0.15) is 12.5 Å². The summed E-state index contributed by atoms with van der Waals surface area (Å²) < 4.78 is 24.3. The number of piperazine rings is 1. The van der Waals surface area contributed by atoms with E-state index in [1.807, 2.05) is 25.1 Å². The first-order valence-electron chi connectivity index (χ1n) is 8.03. The molecule has 0 aliphatic carbocycles. The van der Waals surface area contributed by atoms with E-state index in [-0.39, 0.29) is 29.6 Å². The third-order valence-corrected chi connectivity index (χ3v) is 6.31. The van der Waals surface area contributed by atoms with Gasteiger partial charge in [-0.25, -0.2) is 13.2 Å². The molecule has 0 spiro atoms. The molecule has 2 atom stereocenters. The number of carbonyl (C=O) groups is 1. The second-order valence-corrected chi connectivity index (χ2v) is 8.35. The van der Waals surface area contributed by atoms with Crippen molar-refractivity contribution < 1.29 is 13.2 Å². The van der Waals surface area contributed by atoms with Gasteiger partial charge in [0.25, 0.3) is 0 Å². The third kappa shape index (κ3) is 3.50. The number of rotatable bonds is 3. The molecule has 2 aliphatic rings. The summed E-state index contributed by atoms with van der Waals surface area (Å²) in [5, 5.41) is 2.79. The molecule has 0 saturated carbocycles. The Bertz CT molecular complexity index is 662. The maximum atomic E-state index is 12.2. The van der Waals surface area contributed by atoms with Gasteiger partial charge in [-0.2, -0.15) is 0 Å². The lowest BCUT2D eigenvalue weighted by atomic mass is 10.0. The summed E-state index contributed by atoms with van der Waals surface area (Å²) in [5.74, 6) is 0.209. The Balaban J connectivity index is 1.79. The largest absolute Gasteiger partial charge is 0.338 e. The van der Waals surface area contributed by atoms with Crippen LogP contribution in [-0.4, -0.2) is 67.5 Å². The van der Waals surface area contributed by atoms with E-state index in [9.17, 15) is 13.2 Å². The lowest BCUT2D eigenvalue weighted by molar-refractivity contribution is 0.0608. The van der Waals surface area contributed by atoms with Gasteiger partial charge < -0.3 is 10.2 Å². The minimum Gasteiger partial charge on any atom is -0.338 e. The Morgan fingerprint density at radius 1 is 1.17 bits per heavy atom. The highest BCUT2D eigenvalue weighted by atomic mass is 32.2. The second kappa shape index (κ2) is 6.49. The summed E-state index contributed by atoms with van der Waals surface area (Å²) in [4.78, 5) is 16.1. The lowest BCUT2D eigenvalue weighted by Crippen LogP contribution is -2.61. The fourth-order valence-electron chi connectivity index (χ4n) is 3.54. The normalized spacial score (nSPS) is 26.7. The van der Waals surface area contributed by atoms with Gasteiger partial charge in [-0.15, -0.1) is 0 Å². The molecule has 126 valence electrons. The smallest absolute Gasteiger partial charge is 0.317 e. The van der Waals surface area contributed by atoms with Crippen molar-refractivity contribution in [2.75, 3.05) is 31.1 Å². The van der Waals surface area contributed by atoms with Crippen LogP contribution < -0.4 is 5.32 Å². The van der Waals surface area contributed by atoms with Crippen molar-refractivity contribution in [3.8, 4) is 0 Å². The van der Waals surface area contributed by atoms with Crippen molar-refractivity contribution in [3.05, 3.63) is 35.9 Å². The van der Waals surface area contributed by atoms with Gasteiger partial charge >= 0.3 is 6.03 Å². The number of fused-ring (bicyclic) bond motifs is 1. The molecule has 2 aliphatic heterocycles. The van der Waals surface area contributed by atoms with Crippen LogP contribution in [0.3, 0.4) is 0 Å². The second-order valence-electron chi connectivity index (χ2n) is 6.20. The van der Waals surface area contributed by atoms with Crippen LogP contribution in [-0.2, 0) is 16.4 Å². The number of amides is 2. The molecule has 0 aromatic heterocycles. The number of nitrogens with one attached hydrogen (secondary N) is 1. The molecule has 23 heavy (non-hydrogen) atoms. The van der Waals surface area contributed by atoms with Gasteiger partial charge in [0, 0.05) is 32.2 Å². The van der Waals surface area contributed by atoms with Gasteiger partial charge in [0.05, 0.1) is 17.5 Å². The number of nitrogens with zero attached hydrogens (tertiary/aromatic N) is 2. The molecule has 0 bridgehead atoms. The quantitative estimate of drug-likeness (QED) is 0.881. The monoisotopic (exact) mass is 337 g/mol. The number of hydrogen-bond acceptors (Lipinski definition) is 4. The minimum absolute atomic E-state index is 0.0695. The first-order chi connectivity index (χ1) is 11.0. The van der Waals surface area contributed by atoms with Gasteiger partial charge in [-0.1, -0.05) is 30.3 Å². The van der Waals surface area contributed by atoms with E-state index < -0.39 is 9.84 Å². The van der Waals surface area contributed by atoms with Crippen molar-refractivity contribution in [1.82, 2.24) is 15.1 Å². The van der Waals surface area contributed by atoms with Crippen LogP contribution in [0.2, 0.25) is 0 Å². The predicted octanol–water partition coefficient (Wildman–Crippen LogP) is 0.699. The van der Waals surface area contributed by atoms with Crippen molar-refractivity contribution in [1.29, 1.82) is 0 Å². The highest BCUT2D eigenvalue weighted by molar-refractivity contribution is 7.91. The number of benzene rings is 1. The summed E-state index contributed by atoms with van der Waals surface area (Å²) in [7, 11) is -3.10. The molecule has 2 unspecified atom stereocenters. The fraction of sp³-hybridized carbons (Fsp3) is 0.562. The highest BCUT2D eigenvalue weighted by Gasteiger charge is 2.47. The molecule has 1 N–H and O–H groups in total. The first kappa shape index (κ1) is 16.3. The summed E-state index contributed by atoms with van der Waals surface area (Å²) in [6, 6.07) is 9.54. The molecular formula is C16H23N3O3S. The molecule has 3 rings (SSSR count). The standard InChI is InChI=1S/C16H23N3O3S/c1-2-17-16(20)19-9-8-18(10-13-6-4-3-5-7-13)14-11-23(21,22)12-15(14)19/h3-7,14-15H,2,8-12H2,1H3,(H,17,20). The van der Waals surface area contributed by atoms with Gasteiger partial charge in [-0.05, 0) is 12.5 Å². The predicted molar refractivity (Wildman–Crippen MR) is 88.9 cm³/mol. The Hall–Kier alpha value is -1.60. The number of hydrogen-bond donors (Lipinski definition) is 1. The number of carbonyl (C=O) groups excluding carboxylic acids is 1. The van der Waals surface area contributed by atoms with E-state index in [1.165, 1.54) is 5.56 Å². The highest BCUT2D eigenvalue weighted by Crippen LogP contribution is 2.28. The SMILES string of the molecule is CCNC(=O)N1CCN(Cc2ccccc2)C2CS(=O)(=O)CC21. The van der Waals surface area contributed by atoms with Gasteiger partial charge in [0.15, 0.2) is 9.84 Å². The molecular weight excluding hydrogens is 314 g/mol. The number of sulfone groups is 1. The van der Waals surface area contributed by atoms with Crippen molar-refractivity contribution in [3.63, 3.8) is 0 Å². The van der Waals surface area contributed by atoms with Gasteiger partial charge in [0.2, 0.25) is 0 Å². The van der Waals surface area contributed by atoms with Crippen LogP contribution in [0, 0.1) is 0 Å². The maximum Gasteiger partial charge on any atom is 0.317 e. The van der Waals surface area contributed by atoms with E-state index in [1.54, 1.807) is 4.90 Å². The minimum atomic E-state index is -3.10. The van der Waals surface area contributed by atoms with Gasteiger partial charge in [-0.3, -0.25) is 4.90 Å². The van der Waals surface area contributed by atoms with Gasteiger partial charge in [0.1, 0.15) is 0 Å². The van der Waals surface area contributed by atoms with E-state index in [0.29, 0.717) is 19.6 Å². The first-order valence-corrected chi connectivity index (χ1v) is 9.85. The molecule has 1 aromatic carbocycles. The van der Waals surface area contributed by atoms with Crippen LogP contribution in [0.5, 0.6) is 0 Å². The van der Waals surface area contributed by atoms with E-state index in [2.05, 4.69) is 22.3 Å². The summed E-state index contributed by atoms with van der Waals surface area (Å²) in [5.41, 5.74) is 1.17. The molecule has 2 saturated heterocycles. The summed E-state index contributed by atoms with van der Waals surface area (Å²) in [6.45, 7) is 4.40. The molecule has 2 fully saturated rings. The zero-order valence-corrected chi connectivity index (χ0v) is 14.1. The van der Waals surface area contributed by atoms with Crippen LogP contribution in [0.25, 0.3) is 0 Å². The topological polar surface area (TPSA) is 69.7 Å². The molecule has 6 nitrogen and oxygen atoms in total. The van der Waals surface area contributed by atoms with Crippen molar-refractivity contribution in [2.45, 2.75) is 25.6 Å². The zero-order chi connectivity index (χ0) is 16.4. The average molecular weight is 337 g/mol. The lowest BCUT2D eigenvalue weighted by Gasteiger charge is -2.43. The molecule has 2 heterocycles. The Kier molecular flexibility index (Phi) is 4.59. The zero-order valence-electron chi connectivity index (χ0n) is 13.3. The number of urea groups is 1. The van der Waals surface area contributed by atoms with E-state index in [4.69, 9.17) is 0 Å². The molecule has 1 aromatic rings. The molecule has 0 radical (unpaired) electrons. The maximum absolute atomic E-state index is 12.2. The molecule has 2 amide bonds.